The number of ketones is 1. The van der Waals surface area contributed by atoms with E-state index in [2.05, 4.69) is 20.8 Å². The van der Waals surface area contributed by atoms with Crippen molar-refractivity contribution >= 4 is 11.8 Å². The van der Waals surface area contributed by atoms with Crippen LogP contribution < -0.4 is 0 Å². The third-order valence-corrected chi connectivity index (χ3v) is 5.69. The first-order valence-corrected chi connectivity index (χ1v) is 7.54. The zero-order valence-electron chi connectivity index (χ0n) is 13.3. The van der Waals surface area contributed by atoms with Crippen molar-refractivity contribution < 1.29 is 14.3 Å². The highest BCUT2D eigenvalue weighted by molar-refractivity contribution is 5.93. The summed E-state index contributed by atoms with van der Waals surface area (Å²) in [4.78, 5) is 24.5. The van der Waals surface area contributed by atoms with Gasteiger partial charge in [-0.05, 0) is 36.3 Å². The summed E-state index contributed by atoms with van der Waals surface area (Å²) in [6.45, 7) is 8.34. The maximum Gasteiger partial charge on any atom is 0.338 e. The standard InChI is InChI=1S/C18H24O3/c1-13-10-11-18(4,17(13,2)3)15(19)12-21-16(20)14-8-6-5-7-9-14/h5-9,13H,10-12H2,1-4H3. The van der Waals surface area contributed by atoms with Gasteiger partial charge in [-0.15, -0.1) is 0 Å². The first-order valence-electron chi connectivity index (χ1n) is 7.54. The van der Waals surface area contributed by atoms with Crippen molar-refractivity contribution in [1.82, 2.24) is 0 Å². The molecule has 0 saturated heterocycles. The number of hydrogen-bond donors (Lipinski definition) is 0. The molecule has 21 heavy (non-hydrogen) atoms. The summed E-state index contributed by atoms with van der Waals surface area (Å²) in [5, 5.41) is 0. The molecule has 3 nitrogen and oxygen atoms in total. The lowest BCUT2D eigenvalue weighted by atomic mass is 9.64. The minimum atomic E-state index is -0.434. The average Bonchev–Trinajstić information content (AvgIpc) is 2.69. The molecule has 0 radical (unpaired) electrons. The fraction of sp³-hybridized carbons (Fsp3) is 0.556. The molecule has 0 amide bonds. The molecule has 0 aliphatic heterocycles. The van der Waals surface area contributed by atoms with Crippen LogP contribution in [0.25, 0.3) is 0 Å². The fourth-order valence-electron chi connectivity index (χ4n) is 3.18. The Morgan fingerprint density at radius 3 is 2.33 bits per heavy atom. The summed E-state index contributed by atoms with van der Waals surface area (Å²) in [5.74, 6) is 0.0915. The van der Waals surface area contributed by atoms with Crippen LogP contribution in [0.2, 0.25) is 0 Å². The third kappa shape index (κ3) is 2.74. The molecule has 1 fully saturated rings. The topological polar surface area (TPSA) is 43.4 Å². The molecular formula is C18H24O3. The van der Waals surface area contributed by atoms with Gasteiger partial charge in [0, 0.05) is 5.41 Å². The van der Waals surface area contributed by atoms with Crippen LogP contribution in [-0.4, -0.2) is 18.4 Å². The lowest BCUT2D eigenvalue weighted by Gasteiger charge is -2.39. The molecule has 0 bridgehead atoms. The van der Waals surface area contributed by atoms with Crippen molar-refractivity contribution in [2.75, 3.05) is 6.61 Å². The van der Waals surface area contributed by atoms with Gasteiger partial charge in [-0.3, -0.25) is 4.79 Å². The van der Waals surface area contributed by atoms with Gasteiger partial charge in [-0.25, -0.2) is 4.79 Å². The Kier molecular flexibility index (Phi) is 4.22. The normalized spacial score (nSPS) is 27.3. The zero-order valence-corrected chi connectivity index (χ0v) is 13.3. The highest BCUT2D eigenvalue weighted by atomic mass is 16.5. The Morgan fingerprint density at radius 1 is 1.19 bits per heavy atom. The van der Waals surface area contributed by atoms with Crippen molar-refractivity contribution in [2.24, 2.45) is 16.7 Å². The van der Waals surface area contributed by atoms with E-state index in [1.807, 2.05) is 13.0 Å². The Morgan fingerprint density at radius 2 is 1.81 bits per heavy atom. The molecule has 114 valence electrons. The number of carbonyl (C=O) groups excluding carboxylic acids is 2. The van der Waals surface area contributed by atoms with E-state index in [1.54, 1.807) is 24.3 Å². The van der Waals surface area contributed by atoms with Crippen molar-refractivity contribution in [2.45, 2.75) is 40.5 Å². The molecule has 2 atom stereocenters. The van der Waals surface area contributed by atoms with Gasteiger partial charge in [0.25, 0.3) is 0 Å². The lowest BCUT2D eigenvalue weighted by Crippen LogP contribution is -2.42. The molecule has 1 aliphatic rings. The van der Waals surface area contributed by atoms with E-state index < -0.39 is 11.4 Å². The predicted molar refractivity (Wildman–Crippen MR) is 82.0 cm³/mol. The van der Waals surface area contributed by atoms with Crippen molar-refractivity contribution in [1.29, 1.82) is 0 Å². The number of Topliss-reactive ketones (excluding diaryl/α,β-unsaturated/α-hetero) is 1. The number of esters is 1. The van der Waals surface area contributed by atoms with Crippen LogP contribution in [0.15, 0.2) is 30.3 Å². The van der Waals surface area contributed by atoms with Crippen LogP contribution >= 0.6 is 0 Å². The molecule has 0 spiro atoms. The Bertz CT molecular complexity index is 533. The Balaban J connectivity index is 2.01. The van der Waals surface area contributed by atoms with Crippen LogP contribution in [0.5, 0.6) is 0 Å². The van der Waals surface area contributed by atoms with Gasteiger partial charge < -0.3 is 4.74 Å². The molecule has 2 rings (SSSR count). The SMILES string of the molecule is CC1CCC(C)(C(=O)COC(=O)c2ccccc2)C1(C)C. The maximum absolute atomic E-state index is 12.6. The van der Waals surface area contributed by atoms with Crippen molar-refractivity contribution in [3.63, 3.8) is 0 Å². The zero-order chi connectivity index (χ0) is 15.7. The summed E-state index contributed by atoms with van der Waals surface area (Å²) in [6, 6.07) is 8.78. The van der Waals surface area contributed by atoms with Gasteiger partial charge in [-0.2, -0.15) is 0 Å². The fourth-order valence-corrected chi connectivity index (χ4v) is 3.18. The van der Waals surface area contributed by atoms with E-state index in [4.69, 9.17) is 4.74 Å². The van der Waals surface area contributed by atoms with E-state index in [1.165, 1.54) is 0 Å². The smallest absolute Gasteiger partial charge is 0.338 e. The molecule has 0 heterocycles. The lowest BCUT2D eigenvalue weighted by molar-refractivity contribution is -0.136. The van der Waals surface area contributed by atoms with Crippen molar-refractivity contribution in [3.8, 4) is 0 Å². The largest absolute Gasteiger partial charge is 0.454 e. The van der Waals surface area contributed by atoms with Gasteiger partial charge in [0.1, 0.15) is 0 Å². The second-order valence-electron chi connectivity index (χ2n) is 6.86. The molecular weight excluding hydrogens is 264 g/mol. The minimum Gasteiger partial charge on any atom is -0.454 e. The first-order chi connectivity index (χ1) is 9.79. The number of ether oxygens (including phenoxy) is 1. The van der Waals surface area contributed by atoms with Gasteiger partial charge in [0.15, 0.2) is 12.4 Å². The second kappa shape index (κ2) is 5.63. The first kappa shape index (κ1) is 15.7. The van der Waals surface area contributed by atoms with E-state index in [0.717, 1.165) is 12.8 Å². The quantitative estimate of drug-likeness (QED) is 0.790. The molecule has 3 heteroatoms. The van der Waals surface area contributed by atoms with Gasteiger partial charge in [-0.1, -0.05) is 45.9 Å². The summed E-state index contributed by atoms with van der Waals surface area (Å²) >= 11 is 0. The van der Waals surface area contributed by atoms with Crippen LogP contribution in [0.3, 0.4) is 0 Å². The Hall–Kier alpha value is -1.64. The number of carbonyl (C=O) groups is 2. The van der Waals surface area contributed by atoms with E-state index in [-0.39, 0.29) is 17.8 Å². The molecule has 1 aromatic carbocycles. The molecule has 0 aromatic heterocycles. The van der Waals surface area contributed by atoms with Crippen LogP contribution in [0.1, 0.15) is 50.9 Å². The number of hydrogen-bond acceptors (Lipinski definition) is 3. The highest BCUT2D eigenvalue weighted by Crippen LogP contribution is 2.56. The van der Waals surface area contributed by atoms with Crippen LogP contribution in [-0.2, 0) is 9.53 Å². The minimum absolute atomic E-state index is 0.0288. The maximum atomic E-state index is 12.6. The third-order valence-electron chi connectivity index (χ3n) is 5.69. The Labute approximate surface area is 126 Å². The average molecular weight is 288 g/mol. The molecule has 2 unspecified atom stereocenters. The van der Waals surface area contributed by atoms with Gasteiger partial charge in [0.2, 0.25) is 0 Å². The van der Waals surface area contributed by atoms with E-state index in [0.29, 0.717) is 11.5 Å². The van der Waals surface area contributed by atoms with E-state index in [9.17, 15) is 9.59 Å². The van der Waals surface area contributed by atoms with Crippen LogP contribution in [0, 0.1) is 16.7 Å². The molecule has 0 N–H and O–H groups in total. The second-order valence-corrected chi connectivity index (χ2v) is 6.86. The highest BCUT2D eigenvalue weighted by Gasteiger charge is 2.53. The summed E-state index contributed by atoms with van der Waals surface area (Å²) < 4.78 is 5.21. The molecule has 1 aliphatic carbocycles. The van der Waals surface area contributed by atoms with Crippen molar-refractivity contribution in [3.05, 3.63) is 35.9 Å². The van der Waals surface area contributed by atoms with Gasteiger partial charge in [0.05, 0.1) is 5.56 Å². The van der Waals surface area contributed by atoms with Gasteiger partial charge >= 0.3 is 5.97 Å². The monoisotopic (exact) mass is 288 g/mol. The predicted octanol–water partition coefficient (Wildman–Crippen LogP) is 3.87. The molecule has 1 aromatic rings. The molecule has 1 saturated carbocycles. The van der Waals surface area contributed by atoms with Crippen LogP contribution in [0.4, 0.5) is 0 Å². The number of rotatable bonds is 4. The number of benzene rings is 1. The van der Waals surface area contributed by atoms with E-state index >= 15 is 0 Å². The summed E-state index contributed by atoms with van der Waals surface area (Å²) in [6.07, 6.45) is 1.91. The summed E-state index contributed by atoms with van der Waals surface area (Å²) in [7, 11) is 0. The summed E-state index contributed by atoms with van der Waals surface area (Å²) in [5.41, 5.74) is 0.00148.